The molecule has 0 radical (unpaired) electrons. The minimum absolute atomic E-state index is 0.00149. The highest BCUT2D eigenvalue weighted by Crippen LogP contribution is 2.25. The van der Waals surface area contributed by atoms with Crippen molar-refractivity contribution in [3.63, 3.8) is 0 Å². The van der Waals surface area contributed by atoms with Gasteiger partial charge in [-0.1, -0.05) is 167 Å². The number of unbranched alkanes of at least 4 members (excludes halogenated alkanes) is 25. The van der Waals surface area contributed by atoms with Crippen LogP contribution in [0.25, 0.3) is 0 Å². The van der Waals surface area contributed by atoms with Gasteiger partial charge in [-0.3, -0.25) is 14.4 Å². The van der Waals surface area contributed by atoms with Gasteiger partial charge in [-0.2, -0.15) is 0 Å². The first kappa shape index (κ1) is 45.6. The standard InChI is InChI=1S/C41H76O6/c1-4-6-8-10-12-14-16-18-20-22-24-26-28-30-32-34-37(43)40(46)41(47,39(45)36(3)42)38(44)35-33-31-29-27-25-23-21-19-17-15-13-11-9-7-5-2/h18,20,39-40,45-47H,4-17,19,21-35H2,1-3H3. The maximum atomic E-state index is 13.0. The van der Waals surface area contributed by atoms with Gasteiger partial charge in [0.25, 0.3) is 0 Å². The zero-order valence-corrected chi connectivity index (χ0v) is 31.1. The Morgan fingerprint density at radius 3 is 1.17 bits per heavy atom. The maximum absolute atomic E-state index is 13.0. The first-order chi connectivity index (χ1) is 22.7. The van der Waals surface area contributed by atoms with E-state index in [0.717, 1.165) is 64.7 Å². The van der Waals surface area contributed by atoms with E-state index in [1.54, 1.807) is 0 Å². The molecule has 0 saturated carbocycles. The zero-order chi connectivity index (χ0) is 35.0. The number of carbonyl (C=O) groups is 3. The number of allylic oxidation sites excluding steroid dienone is 2. The van der Waals surface area contributed by atoms with Crippen LogP contribution in [0.1, 0.15) is 213 Å². The fraction of sp³-hybridized carbons (Fsp3) is 0.878. The van der Waals surface area contributed by atoms with Crippen LogP contribution in [-0.2, 0) is 14.4 Å². The summed E-state index contributed by atoms with van der Waals surface area (Å²) in [6, 6.07) is 0. The van der Waals surface area contributed by atoms with E-state index in [9.17, 15) is 29.7 Å². The smallest absolute Gasteiger partial charge is 0.189 e. The molecular weight excluding hydrogens is 588 g/mol. The quantitative estimate of drug-likeness (QED) is 0.0454. The highest BCUT2D eigenvalue weighted by molar-refractivity contribution is 6.01. The van der Waals surface area contributed by atoms with Gasteiger partial charge in [0.15, 0.2) is 35.2 Å². The van der Waals surface area contributed by atoms with E-state index in [2.05, 4.69) is 26.0 Å². The predicted octanol–water partition coefficient (Wildman–Crippen LogP) is 10.5. The van der Waals surface area contributed by atoms with E-state index in [4.69, 9.17) is 0 Å². The van der Waals surface area contributed by atoms with Crippen molar-refractivity contribution >= 4 is 17.3 Å². The SMILES string of the molecule is CCCCCCCCC=CCCCCCCCC(=O)C(O)C(O)(C(=O)CCCCCCCCCCCCCCCCC)C(O)C(C)=O. The maximum Gasteiger partial charge on any atom is 0.189 e. The first-order valence-electron chi connectivity index (χ1n) is 20.0. The predicted molar refractivity (Wildman–Crippen MR) is 197 cm³/mol. The van der Waals surface area contributed by atoms with Gasteiger partial charge in [-0.05, 0) is 45.4 Å². The number of carbonyl (C=O) groups excluding carboxylic acids is 3. The molecule has 3 unspecified atom stereocenters. The summed E-state index contributed by atoms with van der Waals surface area (Å²) in [7, 11) is 0. The number of hydrogen-bond donors (Lipinski definition) is 3. The Morgan fingerprint density at radius 1 is 0.489 bits per heavy atom. The molecule has 0 aliphatic carbocycles. The molecule has 0 heterocycles. The van der Waals surface area contributed by atoms with Crippen molar-refractivity contribution in [3.8, 4) is 0 Å². The zero-order valence-electron chi connectivity index (χ0n) is 31.1. The molecule has 47 heavy (non-hydrogen) atoms. The summed E-state index contributed by atoms with van der Waals surface area (Å²) in [5.41, 5.74) is -2.79. The molecule has 0 fully saturated rings. The topological polar surface area (TPSA) is 112 Å². The van der Waals surface area contributed by atoms with Crippen LogP contribution < -0.4 is 0 Å². The molecule has 0 aliphatic heterocycles. The van der Waals surface area contributed by atoms with Crippen molar-refractivity contribution < 1.29 is 29.7 Å². The number of aliphatic hydroxyl groups is 3. The normalized spacial score (nSPS) is 14.3. The third kappa shape index (κ3) is 23.6. The Bertz CT molecular complexity index is 793. The Labute approximate surface area is 290 Å². The van der Waals surface area contributed by atoms with E-state index in [1.807, 2.05) is 0 Å². The minimum Gasteiger partial charge on any atom is -0.382 e. The minimum atomic E-state index is -2.79. The first-order valence-corrected chi connectivity index (χ1v) is 20.0. The molecule has 0 aromatic heterocycles. The second-order valence-electron chi connectivity index (χ2n) is 14.2. The third-order valence-electron chi connectivity index (χ3n) is 9.66. The molecule has 0 rings (SSSR count). The molecule has 0 spiro atoms. The van der Waals surface area contributed by atoms with Crippen molar-refractivity contribution in [3.05, 3.63) is 12.2 Å². The largest absolute Gasteiger partial charge is 0.382 e. The summed E-state index contributed by atoms with van der Waals surface area (Å²) >= 11 is 0. The van der Waals surface area contributed by atoms with E-state index in [0.29, 0.717) is 12.8 Å². The van der Waals surface area contributed by atoms with Gasteiger partial charge >= 0.3 is 0 Å². The van der Waals surface area contributed by atoms with Crippen molar-refractivity contribution in [1.82, 2.24) is 0 Å². The van der Waals surface area contributed by atoms with Crippen LogP contribution in [-0.4, -0.2) is 50.5 Å². The van der Waals surface area contributed by atoms with E-state index in [1.165, 1.54) is 109 Å². The van der Waals surface area contributed by atoms with Crippen molar-refractivity contribution in [2.24, 2.45) is 0 Å². The summed E-state index contributed by atoms with van der Waals surface area (Å²) in [4.78, 5) is 37.8. The molecule has 6 nitrogen and oxygen atoms in total. The van der Waals surface area contributed by atoms with Gasteiger partial charge in [0.05, 0.1) is 0 Å². The Morgan fingerprint density at radius 2 is 0.809 bits per heavy atom. The van der Waals surface area contributed by atoms with Crippen molar-refractivity contribution in [2.45, 2.75) is 231 Å². The average Bonchev–Trinajstić information content (AvgIpc) is 3.06. The van der Waals surface area contributed by atoms with Crippen molar-refractivity contribution in [2.75, 3.05) is 0 Å². The Hall–Kier alpha value is -1.37. The lowest BCUT2D eigenvalue weighted by Gasteiger charge is -2.33. The van der Waals surface area contributed by atoms with E-state index < -0.39 is 35.2 Å². The lowest BCUT2D eigenvalue weighted by molar-refractivity contribution is -0.181. The lowest BCUT2D eigenvalue weighted by Crippen LogP contribution is -2.62. The van der Waals surface area contributed by atoms with E-state index in [-0.39, 0.29) is 12.8 Å². The van der Waals surface area contributed by atoms with Crippen LogP contribution in [0.5, 0.6) is 0 Å². The lowest BCUT2D eigenvalue weighted by atomic mass is 9.79. The summed E-state index contributed by atoms with van der Waals surface area (Å²) in [6.45, 7) is 5.54. The van der Waals surface area contributed by atoms with Gasteiger partial charge in [0.2, 0.25) is 0 Å². The Balaban J connectivity index is 4.21. The average molecular weight is 665 g/mol. The summed E-state index contributed by atoms with van der Waals surface area (Å²) in [5.74, 6) is -2.37. The highest BCUT2D eigenvalue weighted by atomic mass is 16.4. The van der Waals surface area contributed by atoms with Gasteiger partial charge in [-0.25, -0.2) is 0 Å². The molecule has 3 N–H and O–H groups in total. The second kappa shape index (κ2) is 31.9. The molecule has 6 heteroatoms. The number of aliphatic hydroxyl groups excluding tert-OH is 2. The monoisotopic (exact) mass is 665 g/mol. The van der Waals surface area contributed by atoms with Gasteiger partial charge < -0.3 is 15.3 Å². The summed E-state index contributed by atoms with van der Waals surface area (Å²) in [6.07, 6.45) is 32.5. The molecule has 0 saturated heterocycles. The molecule has 276 valence electrons. The van der Waals surface area contributed by atoms with Gasteiger partial charge in [-0.15, -0.1) is 0 Å². The van der Waals surface area contributed by atoms with Crippen LogP contribution in [0, 0.1) is 0 Å². The molecule has 0 aromatic carbocycles. The second-order valence-corrected chi connectivity index (χ2v) is 14.2. The molecule has 0 amide bonds. The third-order valence-corrected chi connectivity index (χ3v) is 9.66. The molecule has 3 atom stereocenters. The molecule has 0 aliphatic rings. The number of ketones is 3. The summed E-state index contributed by atoms with van der Waals surface area (Å²) in [5, 5.41) is 32.3. The van der Waals surface area contributed by atoms with E-state index >= 15 is 0 Å². The molecule has 0 bridgehead atoms. The van der Waals surface area contributed by atoms with Crippen LogP contribution in [0.4, 0.5) is 0 Å². The number of hydrogen-bond acceptors (Lipinski definition) is 6. The Kier molecular flexibility index (Phi) is 30.9. The fourth-order valence-electron chi connectivity index (χ4n) is 6.37. The number of Topliss-reactive ketones (excluding diaryl/α,β-unsaturated/α-hetero) is 3. The fourth-order valence-corrected chi connectivity index (χ4v) is 6.37. The van der Waals surface area contributed by atoms with Crippen LogP contribution in [0.2, 0.25) is 0 Å². The van der Waals surface area contributed by atoms with Crippen LogP contribution in [0.3, 0.4) is 0 Å². The summed E-state index contributed by atoms with van der Waals surface area (Å²) < 4.78 is 0. The highest BCUT2D eigenvalue weighted by Gasteiger charge is 2.53. The van der Waals surface area contributed by atoms with Crippen LogP contribution in [0.15, 0.2) is 12.2 Å². The van der Waals surface area contributed by atoms with Crippen molar-refractivity contribution in [1.29, 1.82) is 0 Å². The van der Waals surface area contributed by atoms with Gasteiger partial charge in [0, 0.05) is 12.8 Å². The van der Waals surface area contributed by atoms with Gasteiger partial charge in [0.1, 0.15) is 0 Å². The number of rotatable bonds is 36. The molecule has 0 aromatic rings. The molecular formula is C41H76O6. The van der Waals surface area contributed by atoms with Crippen LogP contribution >= 0.6 is 0 Å².